The summed E-state index contributed by atoms with van der Waals surface area (Å²) in [5.74, 6) is -2.32. The lowest BCUT2D eigenvalue weighted by Crippen LogP contribution is -2.32. The summed E-state index contributed by atoms with van der Waals surface area (Å²) < 4.78 is 14.8. The number of aryl methyl sites for hydroxylation is 1. The van der Waals surface area contributed by atoms with E-state index in [0.717, 1.165) is 22.6 Å². The van der Waals surface area contributed by atoms with Crippen LogP contribution in [0, 0.1) is 19.7 Å². The lowest BCUT2D eigenvalue weighted by molar-refractivity contribution is -0.136. The fourth-order valence-electron chi connectivity index (χ4n) is 2.88. The summed E-state index contributed by atoms with van der Waals surface area (Å²) >= 11 is 12.3. The van der Waals surface area contributed by atoms with Gasteiger partial charge in [-0.25, -0.2) is 9.82 Å². The van der Waals surface area contributed by atoms with E-state index in [0.29, 0.717) is 15.7 Å². The van der Waals surface area contributed by atoms with Gasteiger partial charge in [0.05, 0.1) is 16.9 Å². The molecule has 0 atom stereocenters. The van der Waals surface area contributed by atoms with Crippen molar-refractivity contribution in [2.45, 2.75) is 13.8 Å². The van der Waals surface area contributed by atoms with E-state index in [1.165, 1.54) is 30.5 Å². The van der Waals surface area contributed by atoms with Crippen molar-refractivity contribution in [2.75, 3.05) is 5.32 Å². The Labute approximate surface area is 182 Å². The molecule has 3 aromatic rings. The highest BCUT2D eigenvalue weighted by atomic mass is 35.5. The van der Waals surface area contributed by atoms with Gasteiger partial charge in [-0.15, -0.1) is 0 Å². The van der Waals surface area contributed by atoms with Crippen LogP contribution in [0.2, 0.25) is 10.0 Å². The van der Waals surface area contributed by atoms with Crippen molar-refractivity contribution in [1.29, 1.82) is 0 Å². The minimum absolute atomic E-state index is 0.295. The average Bonchev–Trinajstić information content (AvgIpc) is 2.97. The molecule has 0 bridgehead atoms. The molecule has 0 saturated heterocycles. The molecule has 2 aromatic carbocycles. The largest absolute Gasteiger partial charge is 0.329 e. The molecule has 2 amide bonds. The van der Waals surface area contributed by atoms with Crippen LogP contribution < -0.4 is 10.7 Å². The molecule has 1 aromatic heterocycles. The molecule has 0 fully saturated rings. The number of rotatable bonds is 4. The van der Waals surface area contributed by atoms with Gasteiger partial charge in [0.25, 0.3) is 0 Å². The van der Waals surface area contributed by atoms with Crippen LogP contribution in [-0.4, -0.2) is 22.6 Å². The second-order valence-electron chi connectivity index (χ2n) is 6.42. The lowest BCUT2D eigenvalue weighted by Gasteiger charge is -2.11. The molecular weight excluding hydrogens is 430 g/mol. The summed E-state index contributed by atoms with van der Waals surface area (Å²) in [7, 11) is 0. The monoisotopic (exact) mass is 446 g/mol. The van der Waals surface area contributed by atoms with Gasteiger partial charge in [-0.3, -0.25) is 9.59 Å². The van der Waals surface area contributed by atoms with Crippen LogP contribution in [0.25, 0.3) is 5.69 Å². The summed E-state index contributed by atoms with van der Waals surface area (Å²) in [4.78, 5) is 23.8. The number of halogens is 3. The Hall–Kier alpha value is -3.16. The van der Waals surface area contributed by atoms with Gasteiger partial charge in [0, 0.05) is 27.7 Å². The minimum Gasteiger partial charge on any atom is -0.318 e. The van der Waals surface area contributed by atoms with E-state index >= 15 is 0 Å². The topological polar surface area (TPSA) is 75.5 Å². The fraction of sp³-hybridized carbons (Fsp3) is 0.0952. The third-order valence-electron chi connectivity index (χ3n) is 4.30. The highest BCUT2D eigenvalue weighted by Crippen LogP contribution is 2.28. The number of hydrazone groups is 1. The SMILES string of the molecule is Cc1cc(/C=N\NC(=O)C(=O)Nc2ccc(F)cc2)c(C)n1-c1ccc(Cl)cc1Cl. The van der Waals surface area contributed by atoms with Crippen LogP contribution in [0.3, 0.4) is 0 Å². The van der Waals surface area contributed by atoms with E-state index in [1.54, 1.807) is 12.1 Å². The smallest absolute Gasteiger partial charge is 0.318 e. The first-order valence-corrected chi connectivity index (χ1v) is 9.56. The van der Waals surface area contributed by atoms with E-state index in [-0.39, 0.29) is 0 Å². The van der Waals surface area contributed by atoms with Gasteiger partial charge in [0.1, 0.15) is 5.82 Å². The maximum Gasteiger partial charge on any atom is 0.329 e. The number of nitrogens with one attached hydrogen (secondary N) is 2. The molecule has 30 heavy (non-hydrogen) atoms. The Kier molecular flexibility index (Phi) is 6.54. The Bertz CT molecular complexity index is 1140. The predicted molar refractivity (Wildman–Crippen MR) is 116 cm³/mol. The van der Waals surface area contributed by atoms with Crippen LogP contribution >= 0.6 is 23.2 Å². The van der Waals surface area contributed by atoms with E-state index in [2.05, 4.69) is 15.8 Å². The number of carbonyl (C=O) groups excluding carboxylic acids is 2. The molecule has 0 aliphatic heterocycles. The molecule has 0 aliphatic carbocycles. The third-order valence-corrected chi connectivity index (χ3v) is 4.84. The highest BCUT2D eigenvalue weighted by Gasteiger charge is 2.14. The maximum atomic E-state index is 12.9. The normalized spacial score (nSPS) is 11.0. The zero-order valence-electron chi connectivity index (χ0n) is 16.0. The van der Waals surface area contributed by atoms with Crippen LogP contribution in [0.1, 0.15) is 17.0 Å². The first-order valence-electron chi connectivity index (χ1n) is 8.80. The third kappa shape index (κ3) is 4.87. The van der Waals surface area contributed by atoms with Crippen molar-refractivity contribution in [3.05, 3.63) is 81.3 Å². The Balaban J connectivity index is 1.70. The quantitative estimate of drug-likeness (QED) is 0.348. The second-order valence-corrected chi connectivity index (χ2v) is 7.26. The molecule has 0 aliphatic rings. The molecule has 2 N–H and O–H groups in total. The van der Waals surface area contributed by atoms with Gasteiger partial charge in [-0.2, -0.15) is 5.10 Å². The molecule has 0 unspecified atom stereocenters. The summed E-state index contributed by atoms with van der Waals surface area (Å²) in [6.45, 7) is 3.78. The van der Waals surface area contributed by atoms with Crippen LogP contribution in [0.4, 0.5) is 10.1 Å². The fourth-order valence-corrected chi connectivity index (χ4v) is 3.38. The number of amides is 2. The maximum absolute atomic E-state index is 12.9. The zero-order chi connectivity index (χ0) is 21.8. The zero-order valence-corrected chi connectivity index (χ0v) is 17.6. The molecule has 0 spiro atoms. The lowest BCUT2D eigenvalue weighted by atomic mass is 10.2. The van der Waals surface area contributed by atoms with Crippen molar-refractivity contribution in [2.24, 2.45) is 5.10 Å². The number of aromatic nitrogens is 1. The minimum atomic E-state index is -0.954. The summed E-state index contributed by atoms with van der Waals surface area (Å²) in [6.07, 6.45) is 1.44. The molecule has 3 rings (SSSR count). The van der Waals surface area contributed by atoms with Crippen molar-refractivity contribution in [3.8, 4) is 5.69 Å². The van der Waals surface area contributed by atoms with Gasteiger partial charge in [-0.05, 0) is 62.4 Å². The molecular formula is C21H17Cl2FN4O2. The summed E-state index contributed by atoms with van der Waals surface area (Å²) in [6, 6.07) is 12.1. The number of carbonyl (C=O) groups is 2. The van der Waals surface area contributed by atoms with E-state index in [9.17, 15) is 14.0 Å². The predicted octanol–water partition coefficient (Wildman–Crippen LogP) is 4.63. The van der Waals surface area contributed by atoms with Gasteiger partial charge in [0.2, 0.25) is 0 Å². The summed E-state index contributed by atoms with van der Waals surface area (Å²) in [5, 5.41) is 7.24. The van der Waals surface area contributed by atoms with E-state index in [4.69, 9.17) is 23.2 Å². The Morgan fingerprint density at radius 2 is 1.73 bits per heavy atom. The van der Waals surface area contributed by atoms with Crippen LogP contribution in [-0.2, 0) is 9.59 Å². The number of anilines is 1. The number of hydrogen-bond acceptors (Lipinski definition) is 3. The molecule has 6 nitrogen and oxygen atoms in total. The first kappa shape index (κ1) is 21.5. The number of hydrogen-bond donors (Lipinski definition) is 2. The van der Waals surface area contributed by atoms with Crippen molar-refractivity contribution in [3.63, 3.8) is 0 Å². The molecule has 0 radical (unpaired) electrons. The van der Waals surface area contributed by atoms with Crippen LogP contribution in [0.15, 0.2) is 53.6 Å². The average molecular weight is 447 g/mol. The van der Waals surface area contributed by atoms with Gasteiger partial charge in [0.15, 0.2) is 0 Å². The molecule has 9 heteroatoms. The Morgan fingerprint density at radius 1 is 1.03 bits per heavy atom. The number of benzene rings is 2. The van der Waals surface area contributed by atoms with Crippen molar-refractivity contribution >= 4 is 46.9 Å². The van der Waals surface area contributed by atoms with E-state index in [1.807, 2.05) is 30.5 Å². The summed E-state index contributed by atoms with van der Waals surface area (Å²) in [5.41, 5.74) is 5.70. The molecule has 154 valence electrons. The van der Waals surface area contributed by atoms with Crippen molar-refractivity contribution in [1.82, 2.24) is 9.99 Å². The van der Waals surface area contributed by atoms with E-state index < -0.39 is 17.6 Å². The highest BCUT2D eigenvalue weighted by molar-refractivity contribution is 6.39. The molecule has 0 saturated carbocycles. The number of nitrogens with zero attached hydrogens (tertiary/aromatic N) is 2. The van der Waals surface area contributed by atoms with Gasteiger partial charge in [-0.1, -0.05) is 23.2 Å². The van der Waals surface area contributed by atoms with Gasteiger partial charge < -0.3 is 9.88 Å². The standard InChI is InChI=1S/C21H17Cl2FN4O2/c1-12-9-14(13(2)28(12)19-8-3-15(22)10-18(19)23)11-25-27-21(30)20(29)26-17-6-4-16(24)5-7-17/h3-11H,1-2H3,(H,26,29)(H,27,30)/b25-11-. The Morgan fingerprint density at radius 3 is 2.40 bits per heavy atom. The first-order chi connectivity index (χ1) is 14.3. The van der Waals surface area contributed by atoms with Crippen LogP contribution in [0.5, 0.6) is 0 Å². The van der Waals surface area contributed by atoms with Crippen molar-refractivity contribution < 1.29 is 14.0 Å². The van der Waals surface area contributed by atoms with Gasteiger partial charge >= 0.3 is 11.8 Å². The molecule has 1 heterocycles. The second kappa shape index (κ2) is 9.11.